The van der Waals surface area contributed by atoms with Crippen molar-refractivity contribution in [3.8, 4) is 0 Å². The molecule has 0 atom stereocenters. The van der Waals surface area contributed by atoms with Crippen LogP contribution in [0.15, 0.2) is 0 Å². The molecule has 0 N–H and O–H groups in total. The van der Waals surface area contributed by atoms with Crippen LogP contribution in [0.4, 0.5) is 8.92 Å². The minimum atomic E-state index is -0.243. The van der Waals surface area contributed by atoms with E-state index in [0.717, 1.165) is 19.3 Å². The first-order valence-corrected chi connectivity index (χ1v) is 5.05. The molecular formula is C12H26F2O2. The van der Waals surface area contributed by atoms with Crippen molar-refractivity contribution in [2.75, 3.05) is 13.3 Å². The first-order valence-electron chi connectivity index (χ1n) is 5.05. The molecule has 16 heavy (non-hydrogen) atoms. The van der Waals surface area contributed by atoms with Gasteiger partial charge in [0.15, 0.2) is 0 Å². The molecular weight excluding hydrogens is 214 g/mol. The molecule has 0 heterocycles. The summed E-state index contributed by atoms with van der Waals surface area (Å²) >= 11 is 0. The number of rotatable bonds is 3. The molecule has 0 aromatic carbocycles. The Labute approximate surface area is 98.3 Å². The highest BCUT2D eigenvalue weighted by Crippen LogP contribution is 2.21. The van der Waals surface area contributed by atoms with Gasteiger partial charge in [0.2, 0.25) is 0 Å². The van der Waals surface area contributed by atoms with E-state index in [9.17, 15) is 13.7 Å². The standard InChI is InChI=1S/C7H11FO.C3H7FO.2CH4/c8-5-6-1-3-7(9)4-2-6;1-2-3-5-4;;/h6H,1-5H2;2-3H2,1H3;2*1H4. The van der Waals surface area contributed by atoms with Gasteiger partial charge in [-0.1, -0.05) is 21.8 Å². The van der Waals surface area contributed by atoms with E-state index in [0.29, 0.717) is 18.6 Å². The summed E-state index contributed by atoms with van der Waals surface area (Å²) < 4.78 is 22.4. The molecule has 4 heteroatoms. The summed E-state index contributed by atoms with van der Waals surface area (Å²) in [6, 6.07) is 0. The van der Waals surface area contributed by atoms with Crippen molar-refractivity contribution in [1.82, 2.24) is 0 Å². The predicted molar refractivity (Wildman–Crippen MR) is 63.8 cm³/mol. The largest absolute Gasteiger partial charge is 0.300 e. The molecule has 1 aliphatic carbocycles. The molecule has 0 aliphatic heterocycles. The van der Waals surface area contributed by atoms with E-state index in [-0.39, 0.29) is 34.1 Å². The lowest BCUT2D eigenvalue weighted by molar-refractivity contribution is -0.131. The summed E-state index contributed by atoms with van der Waals surface area (Å²) in [5.74, 6) is 0.488. The van der Waals surface area contributed by atoms with Crippen molar-refractivity contribution >= 4 is 5.78 Å². The summed E-state index contributed by atoms with van der Waals surface area (Å²) in [6.45, 7) is 1.83. The molecule has 0 aromatic heterocycles. The number of hydrogen-bond donors (Lipinski definition) is 0. The van der Waals surface area contributed by atoms with Gasteiger partial charge in [0.25, 0.3) is 0 Å². The van der Waals surface area contributed by atoms with Gasteiger partial charge in [-0.2, -0.15) is 4.94 Å². The van der Waals surface area contributed by atoms with Gasteiger partial charge in [0.05, 0.1) is 13.3 Å². The maximum Gasteiger partial charge on any atom is 0.132 e. The minimum absolute atomic E-state index is 0. The predicted octanol–water partition coefficient (Wildman–Crippen LogP) is 4.28. The molecule has 0 unspecified atom stereocenters. The number of halogens is 2. The fraction of sp³-hybridized carbons (Fsp3) is 0.917. The summed E-state index contributed by atoms with van der Waals surface area (Å²) in [5.41, 5.74) is 0. The van der Waals surface area contributed by atoms with Crippen molar-refractivity contribution in [3.05, 3.63) is 0 Å². The average molecular weight is 240 g/mol. The third-order valence-corrected chi connectivity index (χ3v) is 2.16. The maximum atomic E-state index is 11.9. The lowest BCUT2D eigenvalue weighted by atomic mass is 9.90. The van der Waals surface area contributed by atoms with Crippen LogP contribution in [0.1, 0.15) is 53.9 Å². The Morgan fingerprint density at radius 1 is 1.31 bits per heavy atom. The van der Waals surface area contributed by atoms with Gasteiger partial charge in [-0.3, -0.25) is 9.18 Å². The Balaban J connectivity index is -0.000000214. The van der Waals surface area contributed by atoms with Gasteiger partial charge in [-0.05, 0) is 29.7 Å². The Bertz CT molecular complexity index is 140. The second-order valence-corrected chi connectivity index (χ2v) is 3.45. The molecule has 1 fully saturated rings. The average Bonchev–Trinajstić information content (AvgIpc) is 2.21. The molecule has 0 saturated heterocycles. The number of hydrogen-bond acceptors (Lipinski definition) is 2. The molecule has 0 radical (unpaired) electrons. The summed E-state index contributed by atoms with van der Waals surface area (Å²) in [7, 11) is 0. The van der Waals surface area contributed by atoms with Crippen LogP contribution >= 0.6 is 0 Å². The smallest absolute Gasteiger partial charge is 0.132 e. The van der Waals surface area contributed by atoms with Crippen LogP contribution in [-0.4, -0.2) is 19.1 Å². The lowest BCUT2D eigenvalue weighted by Gasteiger charge is -2.16. The van der Waals surface area contributed by atoms with Crippen LogP contribution in [-0.2, 0) is 9.74 Å². The first-order chi connectivity index (χ1) is 6.74. The monoisotopic (exact) mass is 240 g/mol. The van der Waals surface area contributed by atoms with Crippen molar-refractivity contribution < 1.29 is 18.7 Å². The highest BCUT2D eigenvalue weighted by atomic mass is 19.3. The van der Waals surface area contributed by atoms with E-state index in [4.69, 9.17) is 0 Å². The summed E-state index contributed by atoms with van der Waals surface area (Å²) in [5, 5.41) is 0. The Morgan fingerprint density at radius 2 is 1.81 bits per heavy atom. The molecule has 1 aliphatic rings. The Morgan fingerprint density at radius 3 is 2.06 bits per heavy atom. The molecule has 0 amide bonds. The Kier molecular flexibility index (Phi) is 18.9. The molecule has 1 rings (SSSR count). The van der Waals surface area contributed by atoms with Crippen molar-refractivity contribution in [2.45, 2.75) is 53.9 Å². The van der Waals surface area contributed by atoms with E-state index in [1.807, 2.05) is 6.92 Å². The summed E-state index contributed by atoms with van der Waals surface area (Å²) in [6.07, 6.45) is 3.50. The van der Waals surface area contributed by atoms with Crippen LogP contribution in [0.5, 0.6) is 0 Å². The van der Waals surface area contributed by atoms with Crippen LogP contribution in [0.3, 0.4) is 0 Å². The van der Waals surface area contributed by atoms with Crippen LogP contribution in [0.2, 0.25) is 0 Å². The van der Waals surface area contributed by atoms with E-state index in [1.54, 1.807) is 0 Å². The van der Waals surface area contributed by atoms with Gasteiger partial charge in [0, 0.05) is 12.8 Å². The maximum absolute atomic E-state index is 11.9. The summed E-state index contributed by atoms with van der Waals surface area (Å²) in [4.78, 5) is 13.8. The lowest BCUT2D eigenvalue weighted by Crippen LogP contribution is -2.14. The van der Waals surface area contributed by atoms with Crippen molar-refractivity contribution in [1.29, 1.82) is 0 Å². The quantitative estimate of drug-likeness (QED) is 0.735. The fourth-order valence-electron chi connectivity index (χ4n) is 1.23. The fourth-order valence-corrected chi connectivity index (χ4v) is 1.23. The zero-order valence-corrected chi connectivity index (χ0v) is 8.60. The number of ketones is 1. The highest BCUT2D eigenvalue weighted by Gasteiger charge is 2.17. The topological polar surface area (TPSA) is 26.3 Å². The molecule has 2 nitrogen and oxygen atoms in total. The van der Waals surface area contributed by atoms with Crippen molar-refractivity contribution in [2.24, 2.45) is 5.92 Å². The minimum Gasteiger partial charge on any atom is -0.300 e. The second kappa shape index (κ2) is 14.5. The molecule has 1 saturated carbocycles. The zero-order chi connectivity index (χ0) is 10.8. The van der Waals surface area contributed by atoms with Gasteiger partial charge >= 0.3 is 0 Å². The van der Waals surface area contributed by atoms with Crippen LogP contribution in [0, 0.1) is 5.92 Å². The second-order valence-electron chi connectivity index (χ2n) is 3.45. The third kappa shape index (κ3) is 11.6. The van der Waals surface area contributed by atoms with Crippen molar-refractivity contribution in [3.63, 3.8) is 0 Å². The van der Waals surface area contributed by atoms with E-state index < -0.39 is 0 Å². The first kappa shape index (κ1) is 20.8. The molecule has 0 bridgehead atoms. The molecule has 0 spiro atoms. The number of carbonyl (C=O) groups is 1. The van der Waals surface area contributed by atoms with Crippen LogP contribution in [0.25, 0.3) is 0 Å². The Hall–Kier alpha value is -0.510. The molecule has 0 aromatic rings. The highest BCUT2D eigenvalue weighted by molar-refractivity contribution is 5.78. The number of carbonyl (C=O) groups excluding carboxylic acids is 1. The van der Waals surface area contributed by atoms with Gasteiger partial charge < -0.3 is 0 Å². The number of Topliss-reactive ketones (excluding diaryl/α,β-unsaturated/α-hetero) is 1. The van der Waals surface area contributed by atoms with Gasteiger partial charge in [0.1, 0.15) is 5.78 Å². The SMILES string of the molecule is C.C.CCCOF.O=C1CCC(CF)CC1. The third-order valence-electron chi connectivity index (χ3n) is 2.16. The zero-order valence-electron chi connectivity index (χ0n) is 8.60. The number of alkyl halides is 1. The van der Waals surface area contributed by atoms with E-state index in [2.05, 4.69) is 4.94 Å². The van der Waals surface area contributed by atoms with Crippen LogP contribution < -0.4 is 0 Å². The van der Waals surface area contributed by atoms with Gasteiger partial charge in [-0.15, -0.1) is 0 Å². The molecule has 100 valence electrons. The van der Waals surface area contributed by atoms with E-state index >= 15 is 0 Å². The van der Waals surface area contributed by atoms with Gasteiger partial charge in [-0.25, -0.2) is 0 Å². The normalized spacial score (nSPS) is 15.3. The van der Waals surface area contributed by atoms with E-state index in [1.165, 1.54) is 0 Å².